The highest BCUT2D eigenvalue weighted by molar-refractivity contribution is 4.86. The zero-order valence-electron chi connectivity index (χ0n) is 29.7. The molecule has 22 nitrogen and oxygen atoms in total. The maximum atomic E-state index is 10.4. The van der Waals surface area contributed by atoms with Crippen LogP contribution in [0.5, 0.6) is 0 Å². The molecule has 0 aliphatic rings. The smallest absolute Gasteiger partial charge is 0.111 e. The van der Waals surface area contributed by atoms with Gasteiger partial charge in [-0.05, 0) is 5.53 Å². The molecule has 0 radical (unpaired) electrons. The van der Waals surface area contributed by atoms with Crippen LogP contribution < -0.4 is 0 Å². The second-order valence-corrected chi connectivity index (χ2v) is 11.2. The summed E-state index contributed by atoms with van der Waals surface area (Å²) in [5.41, 5.74) is 8.14. The predicted octanol–water partition coefficient (Wildman–Crippen LogP) is -5.40. The third-order valence-electron chi connectivity index (χ3n) is 7.10. The van der Waals surface area contributed by atoms with E-state index in [4.69, 9.17) is 53.6 Å². The molecule has 0 spiro atoms. The summed E-state index contributed by atoms with van der Waals surface area (Å²) in [5, 5.41) is 101. The van der Waals surface area contributed by atoms with E-state index in [2.05, 4.69) is 10.0 Å². The van der Waals surface area contributed by atoms with E-state index >= 15 is 0 Å². The Morgan fingerprint density at radius 2 is 0.692 bits per heavy atom. The molecule has 0 unspecified atom stereocenters. The zero-order valence-corrected chi connectivity index (χ0v) is 29.7. The minimum absolute atomic E-state index is 0.0311. The van der Waals surface area contributed by atoms with Gasteiger partial charge in [-0.15, -0.1) is 0 Å². The van der Waals surface area contributed by atoms with E-state index in [1.165, 1.54) is 4.90 Å². The average Bonchev–Trinajstić information content (AvgIpc) is 3.15. The van der Waals surface area contributed by atoms with Crippen LogP contribution in [-0.4, -0.2) is 250 Å². The molecule has 0 aromatic rings. The van der Waals surface area contributed by atoms with Crippen LogP contribution in [0.4, 0.5) is 0 Å². The molecule has 310 valence electrons. The van der Waals surface area contributed by atoms with Gasteiger partial charge in [0.05, 0.1) is 131 Å². The van der Waals surface area contributed by atoms with E-state index in [-0.39, 0.29) is 39.5 Å². The minimum atomic E-state index is -1.87. The number of hydrogen-bond acceptors (Lipinski definition) is 20. The van der Waals surface area contributed by atoms with E-state index < -0.39 is 62.0 Å². The number of azide groups is 1. The lowest BCUT2D eigenvalue weighted by Crippen LogP contribution is -2.53. The highest BCUT2D eigenvalue weighted by Gasteiger charge is 2.34. The number of aliphatic hydroxyl groups is 10. The van der Waals surface area contributed by atoms with Crippen molar-refractivity contribution in [2.24, 2.45) is 5.11 Å². The summed E-state index contributed by atoms with van der Waals surface area (Å²) in [5.74, 6) is 0. The number of aliphatic hydroxyl groups excluding tert-OH is 10. The number of nitrogens with zero attached hydrogens (tertiary/aromatic N) is 4. The summed E-state index contributed by atoms with van der Waals surface area (Å²) < 4.78 is 43.2. The third-order valence-corrected chi connectivity index (χ3v) is 7.10. The van der Waals surface area contributed by atoms with E-state index in [1.54, 1.807) is 0 Å². The van der Waals surface area contributed by atoms with Gasteiger partial charge >= 0.3 is 0 Å². The van der Waals surface area contributed by atoms with Crippen molar-refractivity contribution >= 4 is 0 Å². The molecule has 0 saturated heterocycles. The fraction of sp³-hybridized carbons (Fsp3) is 1.00. The van der Waals surface area contributed by atoms with Gasteiger partial charge in [0.15, 0.2) is 0 Å². The van der Waals surface area contributed by atoms with Crippen LogP contribution >= 0.6 is 0 Å². The first kappa shape index (κ1) is 50.5. The van der Waals surface area contributed by atoms with Gasteiger partial charge in [-0.1, -0.05) is 5.11 Å². The van der Waals surface area contributed by atoms with Crippen LogP contribution in [0.25, 0.3) is 10.4 Å². The average molecular weight is 767 g/mol. The van der Waals surface area contributed by atoms with Gasteiger partial charge in [0, 0.05) is 31.1 Å². The van der Waals surface area contributed by atoms with Crippen molar-refractivity contribution in [2.45, 2.75) is 48.8 Å². The minimum Gasteiger partial charge on any atom is -0.394 e. The standard InChI is InChI=1S/C30H62N4O18/c31-33-32-1-3-45-5-7-47-9-11-49-13-15-51-17-18-52-16-14-50-12-10-48-8-6-46-4-2-34(19-23(37)27(41)29(43)25(39)21-35)20-24(38)28(42)30(44)26(40)22-36/h23-30,35-44H,1-22H2/t23-,24-,25+,26+,27+,28+,29+,30+/m0/s1. The lowest BCUT2D eigenvalue weighted by Gasteiger charge is -2.33. The van der Waals surface area contributed by atoms with Crippen LogP contribution in [0.3, 0.4) is 0 Å². The quantitative estimate of drug-likeness (QED) is 0.0121. The Bertz CT molecular complexity index is 809. The maximum Gasteiger partial charge on any atom is 0.111 e. The summed E-state index contributed by atoms with van der Waals surface area (Å²) in [7, 11) is 0. The van der Waals surface area contributed by atoms with Crippen LogP contribution in [0.2, 0.25) is 0 Å². The van der Waals surface area contributed by atoms with Crippen molar-refractivity contribution in [3.8, 4) is 0 Å². The molecule has 0 bridgehead atoms. The molecule has 0 aromatic carbocycles. The molecule has 22 heteroatoms. The van der Waals surface area contributed by atoms with Gasteiger partial charge < -0.3 is 89.0 Å². The van der Waals surface area contributed by atoms with E-state index in [9.17, 15) is 40.9 Å². The van der Waals surface area contributed by atoms with Gasteiger partial charge in [0.25, 0.3) is 0 Å². The fourth-order valence-electron chi connectivity index (χ4n) is 4.11. The summed E-state index contributed by atoms with van der Waals surface area (Å²) in [4.78, 5) is 3.97. The van der Waals surface area contributed by atoms with Crippen molar-refractivity contribution in [3.63, 3.8) is 0 Å². The largest absolute Gasteiger partial charge is 0.394 e. The monoisotopic (exact) mass is 766 g/mol. The SMILES string of the molecule is [N-]=[N+]=NCCOCCOCCOCCOCCOCCOCCOCCOCCN(C[C@H](O)[C@@H](O)[C@H](O)[C@H](O)CO)C[C@H](O)[C@@H](O)[C@H](O)[C@H](O)CO. The maximum absolute atomic E-state index is 10.4. The van der Waals surface area contributed by atoms with Crippen LogP contribution in [0.15, 0.2) is 5.11 Å². The number of rotatable bonds is 39. The van der Waals surface area contributed by atoms with Gasteiger partial charge in [0.1, 0.15) is 36.6 Å². The van der Waals surface area contributed by atoms with Crippen LogP contribution in [0, 0.1) is 0 Å². The first-order chi connectivity index (χ1) is 25.1. The second kappa shape index (κ2) is 35.3. The molecule has 52 heavy (non-hydrogen) atoms. The lowest BCUT2D eigenvalue weighted by molar-refractivity contribution is -0.131. The number of ether oxygens (including phenoxy) is 8. The van der Waals surface area contributed by atoms with Crippen molar-refractivity contribution in [1.29, 1.82) is 0 Å². The van der Waals surface area contributed by atoms with Crippen LogP contribution in [0.1, 0.15) is 0 Å². The first-order valence-electron chi connectivity index (χ1n) is 17.1. The predicted molar refractivity (Wildman–Crippen MR) is 179 cm³/mol. The molecule has 0 saturated carbocycles. The summed E-state index contributed by atoms with van der Waals surface area (Å²) in [6.45, 7) is 3.38. The normalized spacial score (nSPS) is 16.6. The molecule has 0 aliphatic heterocycles. The topological polar surface area (TPSA) is 328 Å². The first-order valence-corrected chi connectivity index (χ1v) is 17.1. The third kappa shape index (κ3) is 27.2. The molecular formula is C30H62N4O18. The molecule has 0 heterocycles. The Kier molecular flexibility index (Phi) is 34.3. The molecule has 10 N–H and O–H groups in total. The van der Waals surface area contributed by atoms with Crippen LogP contribution in [-0.2, 0) is 37.9 Å². The summed E-state index contributed by atoms with van der Waals surface area (Å²) >= 11 is 0. The Morgan fingerprint density at radius 1 is 0.423 bits per heavy atom. The molecule has 0 aromatic heterocycles. The highest BCUT2D eigenvalue weighted by atomic mass is 16.6. The van der Waals surface area contributed by atoms with E-state index in [0.29, 0.717) is 92.4 Å². The van der Waals surface area contributed by atoms with Crippen molar-refractivity contribution in [3.05, 3.63) is 10.4 Å². The molecule has 0 amide bonds. The molecule has 0 fully saturated rings. The number of hydrogen-bond donors (Lipinski definition) is 10. The summed E-state index contributed by atoms with van der Waals surface area (Å²) in [6.07, 6.45) is -14.3. The highest BCUT2D eigenvalue weighted by Crippen LogP contribution is 2.11. The molecule has 8 atom stereocenters. The van der Waals surface area contributed by atoms with Crippen molar-refractivity contribution in [1.82, 2.24) is 4.90 Å². The van der Waals surface area contributed by atoms with Gasteiger partial charge in [0.2, 0.25) is 0 Å². The second-order valence-electron chi connectivity index (χ2n) is 11.2. The molecular weight excluding hydrogens is 704 g/mol. The fourth-order valence-corrected chi connectivity index (χ4v) is 4.11. The Hall–Kier alpha value is -1.45. The summed E-state index contributed by atoms with van der Waals surface area (Å²) in [6, 6.07) is 0. The van der Waals surface area contributed by atoms with E-state index in [0.717, 1.165) is 0 Å². The van der Waals surface area contributed by atoms with E-state index in [1.807, 2.05) is 0 Å². The Morgan fingerprint density at radius 3 is 0.981 bits per heavy atom. The van der Waals surface area contributed by atoms with Gasteiger partial charge in [-0.3, -0.25) is 4.90 Å². The lowest BCUT2D eigenvalue weighted by atomic mass is 10.0. The van der Waals surface area contributed by atoms with Crippen molar-refractivity contribution < 1.29 is 89.0 Å². The molecule has 0 rings (SSSR count). The van der Waals surface area contributed by atoms with Gasteiger partial charge in [-0.2, -0.15) is 0 Å². The Labute approximate surface area is 303 Å². The van der Waals surface area contributed by atoms with Gasteiger partial charge in [-0.25, -0.2) is 0 Å². The molecule has 0 aliphatic carbocycles. The zero-order chi connectivity index (χ0) is 38.8. The Balaban J connectivity index is 3.97. The van der Waals surface area contributed by atoms with Crippen molar-refractivity contribution in [2.75, 3.05) is 145 Å².